The third-order valence-electron chi connectivity index (χ3n) is 5.62. The lowest BCUT2D eigenvalue weighted by Gasteiger charge is -2.14. The van der Waals surface area contributed by atoms with Gasteiger partial charge in [0.15, 0.2) is 11.5 Å². The largest absolute Gasteiger partial charge is 0.490 e. The third kappa shape index (κ3) is 8.88. The van der Waals surface area contributed by atoms with E-state index in [1.54, 1.807) is 25.1 Å². The fourth-order valence-corrected chi connectivity index (χ4v) is 7.94. The molecule has 0 aliphatic heterocycles. The Morgan fingerprint density at radius 2 is 1.71 bits per heavy atom. The zero-order valence-corrected chi connectivity index (χ0v) is 25.0. The van der Waals surface area contributed by atoms with E-state index in [9.17, 15) is 22.3 Å². The Morgan fingerprint density at radius 3 is 2.29 bits per heavy atom. The lowest BCUT2D eigenvalue weighted by molar-refractivity contribution is 0.264. The monoisotopic (exact) mass is 640 g/mol. The first kappa shape index (κ1) is 32.8. The zero-order valence-electron chi connectivity index (χ0n) is 22.5. The first-order valence-electron chi connectivity index (χ1n) is 12.5. The molecule has 2 aromatic carbocycles. The second-order valence-electron chi connectivity index (χ2n) is 8.70. The fraction of sp³-hybridized carbons (Fsp3) is 0.320. The van der Waals surface area contributed by atoms with Crippen molar-refractivity contribution in [2.45, 2.75) is 24.0 Å². The Labute approximate surface area is 246 Å². The van der Waals surface area contributed by atoms with Crippen LogP contribution in [0.25, 0.3) is 10.1 Å². The number of nitriles is 1. The summed E-state index contributed by atoms with van der Waals surface area (Å²) in [5.41, 5.74) is 0.111. The van der Waals surface area contributed by atoms with Gasteiger partial charge < -0.3 is 29.5 Å². The zero-order chi connectivity index (χ0) is 30.8. The van der Waals surface area contributed by atoms with Crippen LogP contribution in [-0.2, 0) is 14.6 Å². The maximum atomic E-state index is 13.8. The number of nitrogens with one attached hydrogen (secondary N) is 5. The number of ether oxygens (including phenoxy) is 2. The fourth-order valence-electron chi connectivity index (χ4n) is 3.62. The first-order chi connectivity index (χ1) is 20.0. The highest BCUT2D eigenvalue weighted by molar-refractivity contribution is 7.92. The average molecular weight is 641 g/mol. The molecular weight excluding hydrogens is 610 g/mol. The summed E-state index contributed by atoms with van der Waals surface area (Å²) in [6.45, 7) is 3.28. The highest BCUT2D eigenvalue weighted by Crippen LogP contribution is 2.44. The molecule has 1 atom stereocenters. The van der Waals surface area contributed by atoms with E-state index in [0.29, 0.717) is 66.3 Å². The molecule has 0 radical (unpaired) electrons. The summed E-state index contributed by atoms with van der Waals surface area (Å²) in [5, 5.41) is 29.0. The van der Waals surface area contributed by atoms with Crippen molar-refractivity contribution >= 4 is 51.7 Å². The van der Waals surface area contributed by atoms with Crippen LogP contribution in [0, 0.1) is 34.9 Å². The molecule has 0 saturated heterocycles. The summed E-state index contributed by atoms with van der Waals surface area (Å²) >= 11 is 0.941. The number of sulfonamides is 1. The number of thiophene rings is 1. The minimum Gasteiger partial charge on any atom is -0.490 e. The molecule has 0 bridgehead atoms. The molecule has 13 nitrogen and oxygen atoms in total. The number of hydrogen-bond acceptors (Lipinski definition) is 10. The molecule has 0 fully saturated rings. The minimum atomic E-state index is -4.60. The van der Waals surface area contributed by atoms with Crippen LogP contribution in [0.1, 0.15) is 24.0 Å². The van der Waals surface area contributed by atoms with Crippen molar-refractivity contribution < 1.29 is 36.3 Å². The van der Waals surface area contributed by atoms with Gasteiger partial charge in [-0.25, -0.2) is 17.4 Å². The first-order valence-corrected chi connectivity index (χ1v) is 16.6. The standard InChI is InChI=1S/C25H30FN6O7PS2/c1-17-20-11-22(37-8-2-6-30-14-28)23(38-9-3-7-31-15-29)12-24(20)41-25(17)42(35,36)32-16-40(33,34)39-19-5-4-18(13-27)21(26)10-19/h4-5,10-12,14-15,32H,2-3,6-9,16H2,1H3,(H2,28,30)(H2,29,31)(H,33,34). The van der Waals surface area contributed by atoms with Crippen LogP contribution in [0.2, 0.25) is 0 Å². The summed E-state index contributed by atoms with van der Waals surface area (Å²) in [6, 6.07) is 7.93. The SMILES string of the molecule is Cc1c(S(=O)(=O)NCP(=O)(O)Oc2ccc(C#N)c(F)c2)sc2cc(OCCCNC=N)c(OCCCNC=N)cc12. The predicted molar refractivity (Wildman–Crippen MR) is 157 cm³/mol. The molecule has 1 unspecified atom stereocenters. The Kier molecular flexibility index (Phi) is 11.7. The van der Waals surface area contributed by atoms with Crippen LogP contribution < -0.4 is 29.4 Å². The van der Waals surface area contributed by atoms with Crippen LogP contribution in [0.15, 0.2) is 34.5 Å². The summed E-state index contributed by atoms with van der Waals surface area (Å²) in [4.78, 5) is 10.2. The van der Waals surface area contributed by atoms with Crippen LogP contribution >= 0.6 is 18.9 Å². The molecule has 17 heteroatoms. The number of fused-ring (bicyclic) bond motifs is 1. The second-order valence-corrected chi connectivity index (χ2v) is 13.5. The van der Waals surface area contributed by atoms with Gasteiger partial charge in [-0.05, 0) is 43.5 Å². The summed E-state index contributed by atoms with van der Waals surface area (Å²) < 4.78 is 72.1. The van der Waals surface area contributed by atoms with E-state index in [0.717, 1.165) is 42.2 Å². The third-order valence-corrected chi connectivity index (χ3v) is 10.2. The molecule has 3 rings (SSSR count). The summed E-state index contributed by atoms with van der Waals surface area (Å²) in [6.07, 6.45) is 2.38. The number of nitrogens with zero attached hydrogens (tertiary/aromatic N) is 1. The van der Waals surface area contributed by atoms with Crippen molar-refractivity contribution in [2.75, 3.05) is 32.6 Å². The van der Waals surface area contributed by atoms with Gasteiger partial charge in [-0.15, -0.1) is 11.3 Å². The van der Waals surface area contributed by atoms with Gasteiger partial charge in [0.1, 0.15) is 28.1 Å². The normalized spacial score (nSPS) is 12.6. The van der Waals surface area contributed by atoms with Gasteiger partial charge in [-0.3, -0.25) is 10.8 Å². The van der Waals surface area contributed by atoms with Crippen LogP contribution in [0.3, 0.4) is 0 Å². The van der Waals surface area contributed by atoms with E-state index >= 15 is 0 Å². The van der Waals surface area contributed by atoms with Crippen LogP contribution in [0.4, 0.5) is 4.39 Å². The second kappa shape index (κ2) is 14.9. The Bertz CT molecular complexity index is 1630. The molecule has 0 aliphatic carbocycles. The van der Waals surface area contributed by atoms with Crippen molar-refractivity contribution in [3.8, 4) is 23.3 Å². The molecule has 1 heterocycles. The Balaban J connectivity index is 1.80. The van der Waals surface area contributed by atoms with E-state index in [-0.39, 0.29) is 15.5 Å². The van der Waals surface area contributed by atoms with E-state index in [1.807, 2.05) is 0 Å². The number of aryl methyl sites for hydroxylation is 1. The van der Waals surface area contributed by atoms with Gasteiger partial charge in [0, 0.05) is 35.3 Å². The quantitative estimate of drug-likeness (QED) is 0.0515. The van der Waals surface area contributed by atoms with E-state index in [2.05, 4.69) is 15.4 Å². The van der Waals surface area contributed by atoms with Crippen molar-refractivity contribution in [1.82, 2.24) is 15.4 Å². The van der Waals surface area contributed by atoms with E-state index in [4.69, 9.17) is 30.1 Å². The van der Waals surface area contributed by atoms with Gasteiger partial charge >= 0.3 is 7.60 Å². The molecule has 3 aromatic rings. The maximum Gasteiger partial charge on any atom is 0.391 e. The highest BCUT2D eigenvalue weighted by atomic mass is 32.2. The molecule has 1 aromatic heterocycles. The van der Waals surface area contributed by atoms with Gasteiger partial charge in [0.2, 0.25) is 0 Å². The molecule has 0 spiro atoms. The summed E-state index contributed by atoms with van der Waals surface area (Å²) in [7, 11) is -8.87. The van der Waals surface area contributed by atoms with Gasteiger partial charge in [-0.1, -0.05) is 0 Å². The molecule has 0 aliphatic rings. The summed E-state index contributed by atoms with van der Waals surface area (Å²) in [5.74, 6) is -0.484. The number of rotatable bonds is 18. The molecular formula is C25H30FN6O7PS2. The van der Waals surface area contributed by atoms with Crippen molar-refractivity contribution in [1.29, 1.82) is 16.1 Å². The van der Waals surface area contributed by atoms with E-state index < -0.39 is 29.7 Å². The van der Waals surface area contributed by atoms with Crippen LogP contribution in [-0.4, -0.2) is 58.6 Å². The minimum absolute atomic E-state index is 0.0876. The maximum absolute atomic E-state index is 13.8. The molecule has 0 saturated carbocycles. The van der Waals surface area contributed by atoms with Crippen molar-refractivity contribution in [2.24, 2.45) is 0 Å². The number of halogens is 1. The van der Waals surface area contributed by atoms with Crippen LogP contribution in [0.5, 0.6) is 17.2 Å². The van der Waals surface area contributed by atoms with Gasteiger partial charge in [0.05, 0.1) is 31.5 Å². The Hall–Kier alpha value is -3.74. The lowest BCUT2D eigenvalue weighted by atomic mass is 10.2. The van der Waals surface area contributed by atoms with Crippen molar-refractivity contribution in [3.63, 3.8) is 0 Å². The molecule has 42 heavy (non-hydrogen) atoms. The Morgan fingerprint density at radius 1 is 1.10 bits per heavy atom. The number of benzene rings is 2. The molecule has 0 amide bonds. The average Bonchev–Trinajstić information content (AvgIpc) is 3.27. The van der Waals surface area contributed by atoms with E-state index in [1.165, 1.54) is 0 Å². The lowest BCUT2D eigenvalue weighted by Crippen LogP contribution is -2.25. The van der Waals surface area contributed by atoms with Gasteiger partial charge in [0.25, 0.3) is 10.0 Å². The topological polar surface area (TPSA) is 207 Å². The van der Waals surface area contributed by atoms with Crippen molar-refractivity contribution in [3.05, 3.63) is 47.3 Å². The number of hydrogen-bond donors (Lipinski definition) is 6. The molecule has 6 N–H and O–H groups in total. The predicted octanol–water partition coefficient (Wildman–Crippen LogP) is 3.65. The molecule has 226 valence electrons. The van der Waals surface area contributed by atoms with Gasteiger partial charge in [-0.2, -0.15) is 9.98 Å². The smallest absolute Gasteiger partial charge is 0.391 e. The highest BCUT2D eigenvalue weighted by Gasteiger charge is 2.29.